The monoisotopic (exact) mass is 279 g/mol. The van der Waals surface area contributed by atoms with E-state index in [2.05, 4.69) is 20.6 Å². The van der Waals surface area contributed by atoms with Crippen molar-refractivity contribution in [1.29, 1.82) is 0 Å². The highest BCUT2D eigenvalue weighted by Gasteiger charge is 1.99. The Morgan fingerprint density at radius 3 is 2.89 bits per heavy atom. The minimum Gasteiger partial charge on any atom is -0.370 e. The second kappa shape index (κ2) is 8.42. The van der Waals surface area contributed by atoms with Crippen molar-refractivity contribution in [2.45, 2.75) is 32.7 Å². The predicted molar refractivity (Wildman–Crippen MR) is 83.1 cm³/mol. The highest BCUT2D eigenvalue weighted by Crippen LogP contribution is 1.96. The van der Waals surface area contributed by atoms with Gasteiger partial charge in [0.1, 0.15) is 0 Å². The molecular weight excluding hydrogens is 258 g/mol. The summed E-state index contributed by atoms with van der Waals surface area (Å²) >= 11 is 5.11. The highest BCUT2D eigenvalue weighted by molar-refractivity contribution is 7.80. The minimum atomic E-state index is 0.152. The number of guanidine groups is 1. The molecule has 0 saturated carbocycles. The molecule has 0 spiro atoms. The average molecular weight is 279 g/mol. The first-order valence-electron chi connectivity index (χ1n) is 6.36. The molecule has 1 aromatic rings. The number of hydrogen-bond acceptors (Lipinski definition) is 3. The van der Waals surface area contributed by atoms with Crippen molar-refractivity contribution >= 4 is 23.3 Å². The van der Waals surface area contributed by atoms with E-state index in [4.69, 9.17) is 18.0 Å². The molecule has 5 nitrogen and oxygen atoms in total. The van der Waals surface area contributed by atoms with Crippen molar-refractivity contribution in [3.63, 3.8) is 0 Å². The summed E-state index contributed by atoms with van der Waals surface area (Å²) in [6, 6.07) is 6.08. The lowest BCUT2D eigenvalue weighted by atomic mass is 10.2. The van der Waals surface area contributed by atoms with E-state index in [1.807, 2.05) is 32.0 Å². The second-order valence-corrected chi connectivity index (χ2v) is 4.82. The van der Waals surface area contributed by atoms with Gasteiger partial charge in [-0.25, -0.2) is 0 Å². The molecule has 1 rings (SSSR count). The minimum absolute atomic E-state index is 0.152. The molecule has 19 heavy (non-hydrogen) atoms. The van der Waals surface area contributed by atoms with Gasteiger partial charge in [0.15, 0.2) is 11.1 Å². The molecule has 0 aliphatic rings. The van der Waals surface area contributed by atoms with Gasteiger partial charge in [0.05, 0.1) is 0 Å². The van der Waals surface area contributed by atoms with Crippen molar-refractivity contribution < 1.29 is 0 Å². The first-order valence-corrected chi connectivity index (χ1v) is 6.77. The van der Waals surface area contributed by atoms with Crippen LogP contribution in [0.1, 0.15) is 26.0 Å². The van der Waals surface area contributed by atoms with Crippen LogP contribution in [0.3, 0.4) is 0 Å². The largest absolute Gasteiger partial charge is 0.370 e. The number of aryl methyl sites for hydroxylation is 1. The van der Waals surface area contributed by atoms with Crippen molar-refractivity contribution in [1.82, 2.24) is 15.6 Å². The van der Waals surface area contributed by atoms with E-state index in [1.165, 1.54) is 0 Å². The van der Waals surface area contributed by atoms with E-state index in [0.717, 1.165) is 25.1 Å². The number of nitrogens with two attached hydrogens (primary N) is 1. The van der Waals surface area contributed by atoms with Gasteiger partial charge >= 0.3 is 0 Å². The fourth-order valence-corrected chi connectivity index (χ4v) is 1.70. The molecule has 0 aliphatic heterocycles. The third kappa shape index (κ3) is 7.35. The van der Waals surface area contributed by atoms with Crippen molar-refractivity contribution in [3.05, 3.63) is 30.1 Å². The van der Waals surface area contributed by atoms with Crippen LogP contribution in [0.25, 0.3) is 0 Å². The van der Waals surface area contributed by atoms with Gasteiger partial charge in [-0.05, 0) is 51.0 Å². The van der Waals surface area contributed by atoms with E-state index in [9.17, 15) is 0 Å². The maximum absolute atomic E-state index is 5.67. The Labute approximate surface area is 119 Å². The van der Waals surface area contributed by atoms with Gasteiger partial charge in [-0.3, -0.25) is 9.98 Å². The standard InChI is InChI=1S/C13H21N5S/c1-10(2)17-12(14)18-13(19)16-9-5-7-11-6-3-4-8-15-11/h3-4,6,8,10H,5,7,9H2,1-2H3,(H4,14,16,17,18,19). The van der Waals surface area contributed by atoms with Crippen LogP contribution < -0.4 is 16.4 Å². The van der Waals surface area contributed by atoms with Crippen molar-refractivity contribution in [3.8, 4) is 0 Å². The third-order valence-corrected chi connectivity index (χ3v) is 2.51. The maximum Gasteiger partial charge on any atom is 0.195 e. The highest BCUT2D eigenvalue weighted by atomic mass is 32.1. The van der Waals surface area contributed by atoms with E-state index in [-0.39, 0.29) is 6.04 Å². The second-order valence-electron chi connectivity index (χ2n) is 4.41. The number of aromatic nitrogens is 1. The van der Waals surface area contributed by atoms with Gasteiger partial charge < -0.3 is 16.4 Å². The van der Waals surface area contributed by atoms with Gasteiger partial charge in [0.25, 0.3) is 0 Å². The lowest BCUT2D eigenvalue weighted by molar-refractivity contribution is 0.756. The maximum atomic E-state index is 5.67. The Bertz CT molecular complexity index is 416. The van der Waals surface area contributed by atoms with E-state index in [1.54, 1.807) is 6.20 Å². The molecule has 104 valence electrons. The number of nitrogens with zero attached hydrogens (tertiary/aromatic N) is 2. The zero-order chi connectivity index (χ0) is 14.1. The van der Waals surface area contributed by atoms with Crippen LogP contribution in [-0.4, -0.2) is 28.6 Å². The number of hydrogen-bond donors (Lipinski definition) is 3. The Kier molecular flexibility index (Phi) is 6.81. The van der Waals surface area contributed by atoms with Gasteiger partial charge in [0.2, 0.25) is 0 Å². The summed E-state index contributed by atoms with van der Waals surface area (Å²) in [5.74, 6) is 0.345. The van der Waals surface area contributed by atoms with Crippen LogP contribution in [0.15, 0.2) is 29.4 Å². The molecular formula is C13H21N5S. The van der Waals surface area contributed by atoms with Crippen LogP contribution in [0.5, 0.6) is 0 Å². The molecule has 1 heterocycles. The number of pyridine rings is 1. The molecule has 0 amide bonds. The molecule has 4 N–H and O–H groups in total. The van der Waals surface area contributed by atoms with Gasteiger partial charge in [-0.15, -0.1) is 0 Å². The normalized spacial score (nSPS) is 11.4. The van der Waals surface area contributed by atoms with Gasteiger partial charge in [-0.2, -0.15) is 0 Å². The van der Waals surface area contributed by atoms with Crippen molar-refractivity contribution in [2.75, 3.05) is 6.54 Å². The predicted octanol–water partition coefficient (Wildman–Crippen LogP) is 1.20. The summed E-state index contributed by atoms with van der Waals surface area (Å²) in [7, 11) is 0. The summed E-state index contributed by atoms with van der Waals surface area (Å²) in [5.41, 5.74) is 6.76. The smallest absolute Gasteiger partial charge is 0.195 e. The Morgan fingerprint density at radius 2 is 2.26 bits per heavy atom. The van der Waals surface area contributed by atoms with E-state index in [0.29, 0.717) is 11.1 Å². The van der Waals surface area contributed by atoms with Crippen molar-refractivity contribution in [2.24, 2.45) is 10.7 Å². The fraction of sp³-hybridized carbons (Fsp3) is 0.462. The molecule has 0 saturated heterocycles. The van der Waals surface area contributed by atoms with Crippen LogP contribution >= 0.6 is 12.2 Å². The summed E-state index contributed by atoms with van der Waals surface area (Å²) in [5, 5.41) is 6.43. The zero-order valence-corrected chi connectivity index (χ0v) is 12.2. The first-order chi connectivity index (χ1) is 9.08. The number of aliphatic imine (C=N–C) groups is 1. The number of thiocarbonyl (C=S) groups is 1. The molecule has 6 heteroatoms. The van der Waals surface area contributed by atoms with Gasteiger partial charge in [0, 0.05) is 24.5 Å². The Hall–Kier alpha value is -1.69. The molecule has 1 aromatic heterocycles. The Balaban J connectivity index is 2.17. The van der Waals surface area contributed by atoms with Crippen LogP contribution in [0.4, 0.5) is 0 Å². The zero-order valence-electron chi connectivity index (χ0n) is 11.4. The molecule has 0 aromatic carbocycles. The molecule has 0 bridgehead atoms. The third-order valence-electron chi connectivity index (χ3n) is 2.26. The van der Waals surface area contributed by atoms with Crippen LogP contribution in [0.2, 0.25) is 0 Å². The summed E-state index contributed by atoms with van der Waals surface area (Å²) in [4.78, 5) is 8.40. The molecule has 0 fully saturated rings. The molecule has 0 radical (unpaired) electrons. The van der Waals surface area contributed by atoms with Gasteiger partial charge in [-0.1, -0.05) is 6.07 Å². The summed E-state index contributed by atoms with van der Waals surface area (Å²) in [6.07, 6.45) is 3.68. The van der Waals surface area contributed by atoms with E-state index >= 15 is 0 Å². The first kappa shape index (κ1) is 15.4. The average Bonchev–Trinajstić information content (AvgIpc) is 2.35. The lowest BCUT2D eigenvalue weighted by Crippen LogP contribution is -2.43. The summed E-state index contributed by atoms with van der Waals surface area (Å²) < 4.78 is 0. The SMILES string of the molecule is CC(C)N=C(N)NC(=S)NCCCc1ccccn1. The Morgan fingerprint density at radius 1 is 1.47 bits per heavy atom. The topological polar surface area (TPSA) is 75.3 Å². The molecule has 0 aliphatic carbocycles. The number of rotatable bonds is 5. The number of nitrogens with one attached hydrogen (secondary N) is 2. The molecule has 0 atom stereocenters. The molecule has 0 unspecified atom stereocenters. The lowest BCUT2D eigenvalue weighted by Gasteiger charge is -2.10. The van der Waals surface area contributed by atoms with Crippen LogP contribution in [0, 0.1) is 0 Å². The summed E-state index contributed by atoms with van der Waals surface area (Å²) in [6.45, 7) is 4.69. The van der Waals surface area contributed by atoms with E-state index < -0.39 is 0 Å². The quantitative estimate of drug-likeness (QED) is 0.327. The fourth-order valence-electron chi connectivity index (χ4n) is 1.49. The van der Waals surface area contributed by atoms with Crippen LogP contribution in [-0.2, 0) is 6.42 Å².